The van der Waals surface area contributed by atoms with Crippen LogP contribution in [0.2, 0.25) is 0 Å². The summed E-state index contributed by atoms with van der Waals surface area (Å²) in [5.74, 6) is -1.10. The second kappa shape index (κ2) is 8.29. The highest BCUT2D eigenvalue weighted by molar-refractivity contribution is 8.21. The predicted molar refractivity (Wildman–Crippen MR) is 106 cm³/mol. The smallest absolute Gasteiger partial charge is 0.346 e. The van der Waals surface area contributed by atoms with E-state index in [1.54, 1.807) is 0 Å². The Hall–Kier alpha value is -2.44. The molecule has 0 aromatic heterocycles. The third kappa shape index (κ3) is 3.71. The van der Waals surface area contributed by atoms with E-state index in [1.807, 2.05) is 60.7 Å². The molecule has 0 aliphatic carbocycles. The molecule has 26 heavy (non-hydrogen) atoms. The van der Waals surface area contributed by atoms with Crippen molar-refractivity contribution in [2.24, 2.45) is 0 Å². The van der Waals surface area contributed by atoms with Crippen LogP contribution in [0.1, 0.15) is 11.1 Å². The van der Waals surface area contributed by atoms with Crippen molar-refractivity contribution in [2.45, 2.75) is 0 Å². The average molecular weight is 384 g/mol. The lowest BCUT2D eigenvalue weighted by Crippen LogP contribution is -2.14. The molecular formula is C20H16O4S2. The molecule has 1 heterocycles. The van der Waals surface area contributed by atoms with Crippen molar-refractivity contribution in [3.8, 4) is 0 Å². The average Bonchev–Trinajstić information content (AvgIpc) is 2.73. The van der Waals surface area contributed by atoms with Crippen molar-refractivity contribution in [1.82, 2.24) is 0 Å². The Morgan fingerprint density at radius 3 is 1.31 bits per heavy atom. The molecule has 0 saturated heterocycles. The molecule has 3 rings (SSSR count). The van der Waals surface area contributed by atoms with E-state index < -0.39 is 11.9 Å². The van der Waals surface area contributed by atoms with Crippen LogP contribution < -0.4 is 0 Å². The van der Waals surface area contributed by atoms with Crippen molar-refractivity contribution in [1.29, 1.82) is 0 Å². The largest absolute Gasteiger partial charge is 0.465 e. The Morgan fingerprint density at radius 2 is 1.00 bits per heavy atom. The lowest BCUT2D eigenvalue weighted by molar-refractivity contribution is -0.138. The van der Waals surface area contributed by atoms with Crippen LogP contribution in [-0.2, 0) is 19.1 Å². The van der Waals surface area contributed by atoms with E-state index in [-0.39, 0.29) is 9.81 Å². The number of rotatable bonds is 4. The molecule has 0 bridgehead atoms. The number of carbonyl (C=O) groups excluding carboxylic acids is 2. The molecular weight excluding hydrogens is 368 g/mol. The van der Waals surface area contributed by atoms with Gasteiger partial charge in [0, 0.05) is 9.81 Å². The maximum atomic E-state index is 12.3. The molecule has 0 radical (unpaired) electrons. The first-order chi connectivity index (χ1) is 12.7. The zero-order chi connectivity index (χ0) is 18.5. The zero-order valence-corrected chi connectivity index (χ0v) is 15.9. The molecule has 0 N–H and O–H groups in total. The van der Waals surface area contributed by atoms with Crippen LogP contribution >= 0.6 is 23.5 Å². The summed E-state index contributed by atoms with van der Waals surface area (Å²) in [5, 5.41) is 0. The molecule has 0 unspecified atom stereocenters. The van der Waals surface area contributed by atoms with Crippen LogP contribution in [-0.4, -0.2) is 26.2 Å². The summed E-state index contributed by atoms with van der Waals surface area (Å²) in [7, 11) is 2.60. The van der Waals surface area contributed by atoms with E-state index in [9.17, 15) is 9.59 Å². The van der Waals surface area contributed by atoms with E-state index in [0.717, 1.165) is 20.9 Å². The quantitative estimate of drug-likeness (QED) is 0.721. The van der Waals surface area contributed by atoms with Crippen LogP contribution in [0.5, 0.6) is 0 Å². The Bertz CT molecular complexity index is 813. The number of hydrogen-bond acceptors (Lipinski definition) is 6. The van der Waals surface area contributed by atoms with Crippen molar-refractivity contribution in [3.63, 3.8) is 0 Å². The molecule has 2 aromatic carbocycles. The number of carbonyl (C=O) groups is 2. The highest BCUT2D eigenvalue weighted by Gasteiger charge is 2.32. The first-order valence-corrected chi connectivity index (χ1v) is 9.40. The molecule has 0 spiro atoms. The Kier molecular flexibility index (Phi) is 5.85. The van der Waals surface area contributed by atoms with Crippen molar-refractivity contribution < 1.29 is 19.1 Å². The highest BCUT2D eigenvalue weighted by atomic mass is 32.2. The molecule has 132 valence electrons. The standard InChI is InChI=1S/C20H16O4S2/c1-23-19(21)17-18(20(22)24-2)26-16(14-11-7-4-8-12-14)15(25-17)13-9-5-3-6-10-13/h3-12H,1-2H3. The van der Waals surface area contributed by atoms with E-state index in [0.29, 0.717) is 0 Å². The van der Waals surface area contributed by atoms with Crippen LogP contribution in [0.15, 0.2) is 70.5 Å². The van der Waals surface area contributed by atoms with Crippen LogP contribution in [0.3, 0.4) is 0 Å². The Morgan fingerprint density at radius 1 is 0.654 bits per heavy atom. The third-order valence-corrected chi connectivity index (χ3v) is 6.33. The second-order valence-electron chi connectivity index (χ2n) is 5.24. The molecule has 0 atom stereocenters. The number of hydrogen-bond donors (Lipinski definition) is 0. The van der Waals surface area contributed by atoms with Gasteiger partial charge in [-0.1, -0.05) is 84.2 Å². The van der Waals surface area contributed by atoms with Gasteiger partial charge >= 0.3 is 11.9 Å². The van der Waals surface area contributed by atoms with Crippen molar-refractivity contribution >= 4 is 45.3 Å². The van der Waals surface area contributed by atoms with Crippen LogP contribution in [0.25, 0.3) is 9.81 Å². The number of methoxy groups -OCH3 is 2. The van der Waals surface area contributed by atoms with Gasteiger partial charge in [0.15, 0.2) is 0 Å². The molecule has 2 aromatic rings. The van der Waals surface area contributed by atoms with Gasteiger partial charge in [0.1, 0.15) is 9.81 Å². The van der Waals surface area contributed by atoms with Gasteiger partial charge in [0.2, 0.25) is 0 Å². The fourth-order valence-electron chi connectivity index (χ4n) is 2.40. The van der Waals surface area contributed by atoms with Crippen LogP contribution in [0, 0.1) is 0 Å². The highest BCUT2D eigenvalue weighted by Crippen LogP contribution is 2.53. The Labute approximate surface area is 160 Å². The fourth-order valence-corrected chi connectivity index (χ4v) is 4.93. The van der Waals surface area contributed by atoms with Crippen molar-refractivity contribution in [2.75, 3.05) is 14.2 Å². The van der Waals surface area contributed by atoms with Gasteiger partial charge in [-0.15, -0.1) is 0 Å². The van der Waals surface area contributed by atoms with Gasteiger partial charge in [-0.25, -0.2) is 9.59 Å². The van der Waals surface area contributed by atoms with Gasteiger partial charge in [-0.3, -0.25) is 0 Å². The normalized spacial score (nSPS) is 14.2. The molecule has 1 aliphatic rings. The summed E-state index contributed by atoms with van der Waals surface area (Å²) in [6.07, 6.45) is 0. The van der Waals surface area contributed by atoms with Gasteiger partial charge in [0.25, 0.3) is 0 Å². The number of esters is 2. The monoisotopic (exact) mass is 384 g/mol. The molecule has 0 saturated carbocycles. The first-order valence-electron chi connectivity index (χ1n) is 7.77. The summed E-state index contributed by atoms with van der Waals surface area (Å²) in [6, 6.07) is 19.5. The van der Waals surface area contributed by atoms with Crippen LogP contribution in [0.4, 0.5) is 0 Å². The molecule has 0 amide bonds. The number of ether oxygens (including phenoxy) is 2. The van der Waals surface area contributed by atoms with Crippen molar-refractivity contribution in [3.05, 3.63) is 81.6 Å². The first kappa shape index (κ1) is 18.4. The van der Waals surface area contributed by atoms with E-state index in [4.69, 9.17) is 9.47 Å². The summed E-state index contributed by atoms with van der Waals surface area (Å²) < 4.78 is 9.76. The van der Waals surface area contributed by atoms with E-state index >= 15 is 0 Å². The Balaban J connectivity index is 2.17. The molecule has 4 nitrogen and oxygen atoms in total. The molecule has 0 fully saturated rings. The van der Waals surface area contributed by atoms with Gasteiger partial charge in [-0.05, 0) is 11.1 Å². The predicted octanol–water partition coefficient (Wildman–Crippen LogP) is 4.55. The minimum atomic E-state index is -0.552. The summed E-state index contributed by atoms with van der Waals surface area (Å²) in [5.41, 5.74) is 1.93. The lowest BCUT2D eigenvalue weighted by atomic mass is 10.1. The maximum Gasteiger partial charge on any atom is 0.346 e. The zero-order valence-electron chi connectivity index (χ0n) is 14.2. The lowest BCUT2D eigenvalue weighted by Gasteiger charge is -2.23. The van der Waals surface area contributed by atoms with Gasteiger partial charge in [0.05, 0.1) is 14.2 Å². The fraction of sp³-hybridized carbons (Fsp3) is 0.100. The third-order valence-electron chi connectivity index (χ3n) is 3.63. The minimum Gasteiger partial charge on any atom is -0.465 e. The van der Waals surface area contributed by atoms with Gasteiger partial charge < -0.3 is 9.47 Å². The minimum absolute atomic E-state index is 0.239. The van der Waals surface area contributed by atoms with E-state index in [2.05, 4.69) is 0 Å². The summed E-state index contributed by atoms with van der Waals surface area (Å²) in [6.45, 7) is 0. The van der Waals surface area contributed by atoms with Gasteiger partial charge in [-0.2, -0.15) is 0 Å². The molecule has 6 heteroatoms. The molecule has 1 aliphatic heterocycles. The summed E-state index contributed by atoms with van der Waals surface area (Å²) >= 11 is 2.47. The maximum absolute atomic E-state index is 12.3. The SMILES string of the molecule is COC(=O)C1=C(C(=O)OC)SC(c2ccccc2)=C(c2ccccc2)S1. The summed E-state index contributed by atoms with van der Waals surface area (Å²) in [4.78, 5) is 26.8. The van der Waals surface area contributed by atoms with E-state index in [1.165, 1.54) is 37.7 Å². The second-order valence-corrected chi connectivity index (χ2v) is 7.28. The number of benzene rings is 2. The number of thioether (sulfide) groups is 2. The topological polar surface area (TPSA) is 52.6 Å².